The van der Waals surface area contributed by atoms with Crippen LogP contribution in [-0.2, 0) is 4.79 Å². The fraction of sp³-hybridized carbons (Fsp3) is 0.500. The van der Waals surface area contributed by atoms with Crippen molar-refractivity contribution < 1.29 is 14.7 Å². The second kappa shape index (κ2) is 5.31. The van der Waals surface area contributed by atoms with Crippen LogP contribution in [0.4, 0.5) is 10.5 Å². The van der Waals surface area contributed by atoms with Crippen LogP contribution in [0.15, 0.2) is 17.1 Å². The number of pyridine rings is 1. The predicted octanol–water partition coefficient (Wildman–Crippen LogP) is 1.79. The average Bonchev–Trinajstić information content (AvgIpc) is 2.34. The van der Waals surface area contributed by atoms with Gasteiger partial charge in [0.2, 0.25) is 5.91 Å². The quantitative estimate of drug-likeness (QED) is 0.678. The Balaban J connectivity index is 1.51. The molecule has 1 heterocycles. The predicted molar refractivity (Wildman–Crippen MR) is 80.0 cm³/mol. The molecule has 0 unspecified atom stereocenters. The van der Waals surface area contributed by atoms with Gasteiger partial charge >= 0.3 is 6.09 Å². The molecule has 118 valence electrons. The summed E-state index contributed by atoms with van der Waals surface area (Å²) in [6.45, 7) is 0. The van der Waals surface area contributed by atoms with Crippen molar-refractivity contribution in [2.24, 2.45) is 11.3 Å². The van der Waals surface area contributed by atoms with E-state index in [0.717, 1.165) is 25.7 Å². The highest BCUT2D eigenvalue weighted by Gasteiger charge is 2.55. The van der Waals surface area contributed by atoms with E-state index in [4.69, 9.17) is 16.7 Å². The van der Waals surface area contributed by atoms with Crippen molar-refractivity contribution in [2.75, 3.05) is 5.32 Å². The van der Waals surface area contributed by atoms with E-state index in [1.165, 1.54) is 12.3 Å². The Morgan fingerprint density at radius 1 is 1.32 bits per heavy atom. The van der Waals surface area contributed by atoms with Gasteiger partial charge in [0, 0.05) is 18.2 Å². The smallest absolute Gasteiger partial charge is 0.404 e. The number of aromatic amines is 1. The van der Waals surface area contributed by atoms with Gasteiger partial charge in [0.05, 0.1) is 5.02 Å². The van der Waals surface area contributed by atoms with E-state index in [0.29, 0.717) is 5.02 Å². The Kier molecular flexibility index (Phi) is 3.60. The summed E-state index contributed by atoms with van der Waals surface area (Å²) in [5.74, 6) is -0.322. The third-order valence-corrected chi connectivity index (χ3v) is 4.76. The molecule has 0 saturated heterocycles. The van der Waals surface area contributed by atoms with Crippen molar-refractivity contribution in [3.05, 3.63) is 27.6 Å². The molecular weight excluding hydrogens is 310 g/mol. The van der Waals surface area contributed by atoms with Gasteiger partial charge in [-0.05, 0) is 37.2 Å². The number of carbonyl (C=O) groups excluding carboxylic acids is 1. The van der Waals surface area contributed by atoms with Gasteiger partial charge in [-0.1, -0.05) is 11.6 Å². The lowest BCUT2D eigenvalue weighted by Crippen LogP contribution is -2.57. The van der Waals surface area contributed by atoms with Crippen molar-refractivity contribution in [3.63, 3.8) is 0 Å². The zero-order chi connectivity index (χ0) is 15.9. The number of nitrogens with one attached hydrogen (secondary N) is 3. The minimum Gasteiger partial charge on any atom is -0.465 e. The highest BCUT2D eigenvalue weighted by molar-refractivity contribution is 6.30. The van der Waals surface area contributed by atoms with Crippen LogP contribution in [0, 0.1) is 11.3 Å². The van der Waals surface area contributed by atoms with E-state index in [1.54, 1.807) is 0 Å². The molecular formula is C14H16ClN3O4. The van der Waals surface area contributed by atoms with Gasteiger partial charge in [-0.3, -0.25) is 9.59 Å². The lowest BCUT2D eigenvalue weighted by molar-refractivity contribution is -0.133. The fourth-order valence-corrected chi connectivity index (χ4v) is 3.72. The number of anilines is 1. The van der Waals surface area contributed by atoms with E-state index in [9.17, 15) is 14.4 Å². The number of hydrogen-bond donors (Lipinski definition) is 4. The fourth-order valence-electron chi connectivity index (χ4n) is 3.55. The number of carboxylic acid groups (broad SMARTS) is 1. The molecule has 2 aliphatic rings. The van der Waals surface area contributed by atoms with E-state index in [-0.39, 0.29) is 34.5 Å². The summed E-state index contributed by atoms with van der Waals surface area (Å²) in [7, 11) is 0. The zero-order valence-corrected chi connectivity index (χ0v) is 12.4. The molecule has 3 rings (SSSR count). The molecule has 2 aliphatic carbocycles. The topological polar surface area (TPSA) is 111 Å². The van der Waals surface area contributed by atoms with E-state index >= 15 is 0 Å². The van der Waals surface area contributed by atoms with Crippen molar-refractivity contribution in [1.82, 2.24) is 10.3 Å². The standard InChI is InChI=1S/C14H16ClN3O4/c15-8-1-10(12(20)16-6-8)18-11(19)7-2-14(3-7)4-9(5-14)17-13(21)22/h1,6-7,9,17H,2-5H2,(H,16,20)(H,18,19)(H,21,22). The maximum absolute atomic E-state index is 12.1. The van der Waals surface area contributed by atoms with Crippen LogP contribution in [0.1, 0.15) is 25.7 Å². The van der Waals surface area contributed by atoms with Crippen molar-refractivity contribution >= 4 is 29.3 Å². The van der Waals surface area contributed by atoms with Gasteiger partial charge in [-0.25, -0.2) is 4.79 Å². The Hall–Kier alpha value is -2.02. The lowest BCUT2D eigenvalue weighted by atomic mass is 9.50. The summed E-state index contributed by atoms with van der Waals surface area (Å²) in [5.41, 5.74) is -0.144. The normalized spacial score (nSPS) is 29.3. The average molecular weight is 326 g/mol. The Morgan fingerprint density at radius 2 is 2.00 bits per heavy atom. The Labute approximate surface area is 131 Å². The number of hydrogen-bond acceptors (Lipinski definition) is 3. The monoisotopic (exact) mass is 325 g/mol. The number of carbonyl (C=O) groups is 2. The first-order valence-corrected chi connectivity index (χ1v) is 7.43. The number of amides is 2. The molecule has 4 N–H and O–H groups in total. The second-order valence-electron chi connectivity index (χ2n) is 6.21. The van der Waals surface area contributed by atoms with Crippen LogP contribution in [0.2, 0.25) is 5.02 Å². The van der Waals surface area contributed by atoms with Gasteiger partial charge < -0.3 is 20.7 Å². The maximum atomic E-state index is 12.1. The molecule has 2 amide bonds. The summed E-state index contributed by atoms with van der Waals surface area (Å²) in [6.07, 6.45) is 3.38. The molecule has 0 atom stereocenters. The van der Waals surface area contributed by atoms with E-state index in [2.05, 4.69) is 15.6 Å². The zero-order valence-electron chi connectivity index (χ0n) is 11.7. The van der Waals surface area contributed by atoms with Gasteiger partial charge in [-0.15, -0.1) is 0 Å². The first kappa shape index (κ1) is 14.9. The number of halogens is 1. The minimum absolute atomic E-state index is 0.00251. The van der Waals surface area contributed by atoms with E-state index in [1.807, 2.05) is 0 Å². The molecule has 1 aromatic rings. The summed E-state index contributed by atoms with van der Waals surface area (Å²) in [4.78, 5) is 36.7. The molecule has 0 bridgehead atoms. The first-order chi connectivity index (χ1) is 10.4. The van der Waals surface area contributed by atoms with Crippen LogP contribution in [-0.4, -0.2) is 28.1 Å². The summed E-state index contributed by atoms with van der Waals surface area (Å²) in [5, 5.41) is 14.1. The lowest BCUT2D eigenvalue weighted by Gasteiger charge is -2.57. The van der Waals surface area contributed by atoms with Gasteiger partial charge in [0.1, 0.15) is 5.69 Å². The van der Waals surface area contributed by atoms with Crippen LogP contribution < -0.4 is 16.2 Å². The number of aromatic nitrogens is 1. The summed E-state index contributed by atoms with van der Waals surface area (Å²) in [6, 6.07) is 1.42. The van der Waals surface area contributed by atoms with Crippen LogP contribution in [0.3, 0.4) is 0 Å². The molecule has 0 aliphatic heterocycles. The molecule has 1 spiro atoms. The molecule has 1 aromatic heterocycles. The highest BCUT2D eigenvalue weighted by Crippen LogP contribution is 2.58. The van der Waals surface area contributed by atoms with Crippen molar-refractivity contribution in [2.45, 2.75) is 31.7 Å². The highest BCUT2D eigenvalue weighted by atomic mass is 35.5. The molecule has 8 heteroatoms. The Bertz CT molecular complexity index is 673. The number of rotatable bonds is 3. The van der Waals surface area contributed by atoms with Gasteiger partial charge in [0.25, 0.3) is 5.56 Å². The van der Waals surface area contributed by atoms with E-state index < -0.39 is 6.09 Å². The summed E-state index contributed by atoms with van der Waals surface area (Å²) >= 11 is 5.79. The minimum atomic E-state index is -1.01. The molecule has 0 radical (unpaired) electrons. The SMILES string of the molecule is O=C(O)NC1CC2(C1)CC(C(=O)Nc1cc(Cl)c[nH]c1=O)C2. The van der Waals surface area contributed by atoms with Crippen molar-refractivity contribution in [1.29, 1.82) is 0 Å². The van der Waals surface area contributed by atoms with Crippen LogP contribution >= 0.6 is 11.6 Å². The molecule has 22 heavy (non-hydrogen) atoms. The van der Waals surface area contributed by atoms with Crippen molar-refractivity contribution in [3.8, 4) is 0 Å². The van der Waals surface area contributed by atoms with Gasteiger partial charge in [0.15, 0.2) is 0 Å². The van der Waals surface area contributed by atoms with Gasteiger partial charge in [-0.2, -0.15) is 0 Å². The summed E-state index contributed by atoms with van der Waals surface area (Å²) < 4.78 is 0. The van der Waals surface area contributed by atoms with Crippen LogP contribution in [0.25, 0.3) is 0 Å². The molecule has 2 fully saturated rings. The Morgan fingerprint density at radius 3 is 2.64 bits per heavy atom. The van der Waals surface area contributed by atoms with Crippen LogP contribution in [0.5, 0.6) is 0 Å². The largest absolute Gasteiger partial charge is 0.465 e. The molecule has 2 saturated carbocycles. The third-order valence-electron chi connectivity index (χ3n) is 4.54. The third kappa shape index (κ3) is 2.81. The molecule has 0 aromatic carbocycles. The second-order valence-corrected chi connectivity index (χ2v) is 6.65. The first-order valence-electron chi connectivity index (χ1n) is 7.05. The number of H-pyrrole nitrogens is 1. The maximum Gasteiger partial charge on any atom is 0.404 e. The molecule has 7 nitrogen and oxygen atoms in total.